The Labute approximate surface area is 189 Å². The molecule has 2 aliphatic heterocycles. The van der Waals surface area contributed by atoms with E-state index in [2.05, 4.69) is 31.1 Å². The molecular weight excluding hydrogens is 440 g/mol. The zero-order valence-electron chi connectivity index (χ0n) is 18.5. The number of carbonyl (C=O) groups is 2. The molecule has 0 saturated carbocycles. The van der Waals surface area contributed by atoms with Gasteiger partial charge in [0, 0.05) is 25.3 Å². The molecule has 1 amide bonds. The van der Waals surface area contributed by atoms with Crippen molar-refractivity contribution in [3.63, 3.8) is 0 Å². The van der Waals surface area contributed by atoms with Gasteiger partial charge in [0.1, 0.15) is 6.04 Å². The number of rotatable bonds is 15. The van der Waals surface area contributed by atoms with Gasteiger partial charge in [-0.3, -0.25) is 30.1 Å². The monoisotopic (exact) mass is 476 g/mol. The number of hydrogen-bond acceptors (Lipinski definition) is 9. The first-order chi connectivity index (χ1) is 15.3. The highest BCUT2D eigenvalue weighted by Gasteiger charge is 2.28. The Hall–Kier alpha value is -1.64. The van der Waals surface area contributed by atoms with Crippen LogP contribution in [0.15, 0.2) is 4.99 Å². The zero-order valence-corrected chi connectivity index (χ0v) is 19.3. The fourth-order valence-corrected chi connectivity index (χ4v) is 4.83. The molecule has 0 radical (unpaired) electrons. The maximum atomic E-state index is 12.2. The van der Waals surface area contributed by atoms with Crippen molar-refractivity contribution in [1.29, 1.82) is 0 Å². The minimum atomic E-state index is -3.72. The molecule has 4 atom stereocenters. The van der Waals surface area contributed by atoms with Crippen molar-refractivity contribution in [2.24, 2.45) is 4.99 Å². The second-order valence-electron chi connectivity index (χ2n) is 8.05. The van der Waals surface area contributed by atoms with E-state index in [1.54, 1.807) is 0 Å². The van der Waals surface area contributed by atoms with E-state index in [1.165, 1.54) is 0 Å². The summed E-state index contributed by atoms with van der Waals surface area (Å²) in [7, 11) is -3.72. The minimum absolute atomic E-state index is 0.0290. The largest absolute Gasteiger partial charge is 0.480 e. The number of carboxylic acids is 1. The third-order valence-electron chi connectivity index (χ3n) is 5.18. The van der Waals surface area contributed by atoms with Crippen molar-refractivity contribution in [2.45, 2.75) is 76.3 Å². The van der Waals surface area contributed by atoms with E-state index in [1.807, 2.05) is 13.1 Å². The molecule has 0 spiro atoms. The molecule has 0 aliphatic carbocycles. The lowest BCUT2D eigenvalue weighted by Crippen LogP contribution is -2.49. The van der Waals surface area contributed by atoms with Gasteiger partial charge in [-0.2, -0.15) is 10.2 Å². The molecule has 6 N–H and O–H groups in total. The number of aliphatic carboxylic acids is 1. The van der Waals surface area contributed by atoms with E-state index >= 15 is 0 Å². The van der Waals surface area contributed by atoms with Gasteiger partial charge in [-0.05, 0) is 38.6 Å². The maximum absolute atomic E-state index is 12.2. The van der Waals surface area contributed by atoms with E-state index < -0.39 is 22.0 Å². The molecule has 2 rings (SSSR count). The van der Waals surface area contributed by atoms with Crippen molar-refractivity contribution in [1.82, 2.24) is 26.2 Å². The highest BCUT2D eigenvalue weighted by Crippen LogP contribution is 2.17. The molecule has 4 unspecified atom stereocenters. The second kappa shape index (κ2) is 13.8. The summed E-state index contributed by atoms with van der Waals surface area (Å²) in [6.45, 7) is 3.24. The summed E-state index contributed by atoms with van der Waals surface area (Å²) in [5.74, 6) is -1.88. The topological polar surface area (TPSA) is 170 Å². The molecular formula is C19H36N6O6S. The number of unbranched alkanes of at least 4 members (excludes halogenated alkanes) is 1. The molecule has 0 bridgehead atoms. The van der Waals surface area contributed by atoms with Crippen LogP contribution < -0.4 is 26.2 Å². The van der Waals surface area contributed by atoms with Gasteiger partial charge >= 0.3 is 5.97 Å². The Morgan fingerprint density at radius 3 is 2.84 bits per heavy atom. The van der Waals surface area contributed by atoms with Crippen LogP contribution in [0.2, 0.25) is 0 Å². The van der Waals surface area contributed by atoms with Gasteiger partial charge in [-0.1, -0.05) is 13.3 Å². The number of nitrogens with zero attached hydrogens (tertiary/aromatic N) is 1. The van der Waals surface area contributed by atoms with Crippen LogP contribution in [0.1, 0.15) is 51.9 Å². The first-order valence-corrected chi connectivity index (χ1v) is 12.8. The lowest BCUT2D eigenvalue weighted by atomic mass is 10.0. The molecule has 2 aliphatic rings. The van der Waals surface area contributed by atoms with Crippen LogP contribution in [0.3, 0.4) is 0 Å². The van der Waals surface area contributed by atoms with E-state index in [9.17, 15) is 23.1 Å². The van der Waals surface area contributed by atoms with Crippen LogP contribution in [0.25, 0.3) is 0 Å². The van der Waals surface area contributed by atoms with Gasteiger partial charge in [0.25, 0.3) is 0 Å². The number of amides is 1. The average Bonchev–Trinajstić information content (AvgIpc) is 3.20. The second-order valence-corrected chi connectivity index (χ2v) is 9.93. The summed E-state index contributed by atoms with van der Waals surface area (Å²) in [6, 6.07) is -1.28. The molecule has 0 aromatic rings. The number of carboxylic acid groups (broad SMARTS) is 1. The summed E-state index contributed by atoms with van der Waals surface area (Å²) in [5.41, 5.74) is 2.95. The third kappa shape index (κ3) is 10.3. The van der Waals surface area contributed by atoms with Crippen LogP contribution in [-0.2, 0) is 24.4 Å². The highest BCUT2D eigenvalue weighted by molar-refractivity contribution is 7.89. The minimum Gasteiger partial charge on any atom is -0.480 e. The lowest BCUT2D eigenvalue weighted by molar-refractivity contribution is -0.139. The third-order valence-corrected chi connectivity index (χ3v) is 6.65. The van der Waals surface area contributed by atoms with Gasteiger partial charge in [0.15, 0.2) is 6.29 Å². The van der Waals surface area contributed by atoms with Crippen molar-refractivity contribution in [3.8, 4) is 0 Å². The molecule has 1 fully saturated rings. The molecule has 12 nitrogen and oxygen atoms in total. The van der Waals surface area contributed by atoms with Crippen molar-refractivity contribution in [2.75, 3.05) is 25.4 Å². The summed E-state index contributed by atoms with van der Waals surface area (Å²) < 4.78 is 26.0. The number of carbonyl (C=O) groups excluding carboxylic acids is 1. The first-order valence-electron chi connectivity index (χ1n) is 11.2. The Morgan fingerprint density at radius 1 is 1.34 bits per heavy atom. The van der Waals surface area contributed by atoms with Crippen molar-refractivity contribution >= 4 is 28.1 Å². The highest BCUT2D eigenvalue weighted by atomic mass is 32.2. The van der Waals surface area contributed by atoms with E-state index in [0.29, 0.717) is 19.3 Å². The molecule has 13 heteroatoms. The zero-order chi connectivity index (χ0) is 23.4. The maximum Gasteiger partial charge on any atom is 0.323 e. The van der Waals surface area contributed by atoms with Crippen molar-refractivity contribution < 1.29 is 28.0 Å². The number of hydroxylamine groups is 1. The number of aliphatic imine (C=N–C) groups is 1. The Balaban J connectivity index is 1.63. The first kappa shape index (κ1) is 26.6. The van der Waals surface area contributed by atoms with Gasteiger partial charge in [0.05, 0.1) is 18.3 Å². The SMILES string of the molecule is CCCCS(=O)(=O)NC(CNC(=O)CC1CC(CCCNC2N=CCCN2)NO1)C(=O)O. The van der Waals surface area contributed by atoms with Crippen LogP contribution in [-0.4, -0.2) is 81.5 Å². The number of sulfonamides is 1. The van der Waals surface area contributed by atoms with Crippen molar-refractivity contribution in [3.05, 3.63) is 0 Å². The normalized spacial score (nSPS) is 24.3. The van der Waals surface area contributed by atoms with Crippen LogP contribution in [0.5, 0.6) is 0 Å². The number of hydrogen-bond donors (Lipinski definition) is 6. The molecule has 1 saturated heterocycles. The van der Waals surface area contributed by atoms with E-state index in [0.717, 1.165) is 32.4 Å². The predicted molar refractivity (Wildman–Crippen MR) is 119 cm³/mol. The van der Waals surface area contributed by atoms with E-state index in [4.69, 9.17) is 4.84 Å². The quantitative estimate of drug-likeness (QED) is 0.163. The smallest absolute Gasteiger partial charge is 0.323 e. The molecule has 0 aromatic carbocycles. The van der Waals surface area contributed by atoms with Crippen LogP contribution in [0, 0.1) is 0 Å². The Morgan fingerprint density at radius 2 is 2.16 bits per heavy atom. The fraction of sp³-hybridized carbons (Fsp3) is 0.842. The van der Waals surface area contributed by atoms with Gasteiger partial charge < -0.3 is 10.4 Å². The molecule has 2 heterocycles. The Kier molecular flexibility index (Phi) is 11.5. The lowest BCUT2D eigenvalue weighted by Gasteiger charge is -2.19. The van der Waals surface area contributed by atoms with Crippen LogP contribution in [0.4, 0.5) is 0 Å². The average molecular weight is 477 g/mol. The summed E-state index contributed by atoms with van der Waals surface area (Å²) >= 11 is 0. The number of nitrogens with one attached hydrogen (secondary N) is 5. The molecule has 0 aromatic heterocycles. The molecule has 184 valence electrons. The van der Waals surface area contributed by atoms with E-state index in [-0.39, 0.29) is 43.1 Å². The summed E-state index contributed by atoms with van der Waals surface area (Å²) in [4.78, 5) is 33.3. The van der Waals surface area contributed by atoms with Gasteiger partial charge in [-0.15, -0.1) is 0 Å². The molecule has 32 heavy (non-hydrogen) atoms. The van der Waals surface area contributed by atoms with Gasteiger partial charge in [0.2, 0.25) is 15.9 Å². The van der Waals surface area contributed by atoms with Crippen LogP contribution >= 0.6 is 0 Å². The Bertz CT molecular complexity index is 734. The fourth-order valence-electron chi connectivity index (χ4n) is 3.42. The van der Waals surface area contributed by atoms with Gasteiger partial charge in [-0.25, -0.2) is 8.42 Å². The summed E-state index contributed by atoms with van der Waals surface area (Å²) in [6.07, 6.45) is 6.15. The predicted octanol–water partition coefficient (Wildman–Crippen LogP) is -0.955. The summed E-state index contributed by atoms with van der Waals surface area (Å²) in [5, 5.41) is 18.3. The standard InChI is InChI=1S/C19H36N6O6S/c1-2-3-10-32(29,30)25-16(18(27)28)13-23-17(26)12-15-11-14(24-31-15)6-4-7-20-19-21-8-5-9-22-19/h8,14-16,19-20,22,24-25H,2-7,9-13H2,1H3,(H,23,26)(H,27,28).